The van der Waals surface area contributed by atoms with E-state index in [4.69, 9.17) is 17.3 Å². The minimum atomic E-state index is -1.20. The molecule has 0 bridgehead atoms. The Morgan fingerprint density at radius 3 is 2.83 bits per heavy atom. The summed E-state index contributed by atoms with van der Waals surface area (Å²) < 4.78 is 0. The van der Waals surface area contributed by atoms with Crippen LogP contribution in [0.25, 0.3) is 0 Å². The first-order chi connectivity index (χ1) is 8.41. The number of aliphatic hydroxyl groups excluding tert-OH is 2. The molecule has 0 radical (unpaired) electrons. The van der Waals surface area contributed by atoms with E-state index in [2.05, 4.69) is 9.97 Å². The summed E-state index contributed by atoms with van der Waals surface area (Å²) in [6, 6.07) is 0. The van der Waals surface area contributed by atoms with Crippen molar-refractivity contribution in [3.05, 3.63) is 16.9 Å². The molecule has 4 N–H and O–H groups in total. The second kappa shape index (κ2) is 6.89. The van der Waals surface area contributed by atoms with Gasteiger partial charge in [0.15, 0.2) is 5.12 Å². The van der Waals surface area contributed by atoms with Crippen molar-refractivity contribution >= 4 is 34.4 Å². The number of carbonyl (C=O) groups is 1. The second-order valence-corrected chi connectivity index (χ2v) is 5.25. The number of rotatable bonds is 5. The molecule has 0 amide bonds. The Balaban J connectivity index is 2.62. The number of aromatic nitrogens is 2. The maximum Gasteiger partial charge on any atom is 0.221 e. The Bertz CT molecular complexity index is 433. The molecule has 0 saturated carbocycles. The van der Waals surface area contributed by atoms with Crippen molar-refractivity contribution in [1.82, 2.24) is 9.97 Å². The van der Waals surface area contributed by atoms with Crippen LogP contribution in [0.5, 0.6) is 0 Å². The average Bonchev–Trinajstić information content (AvgIpc) is 2.27. The van der Waals surface area contributed by atoms with E-state index in [1.165, 1.54) is 13.1 Å². The van der Waals surface area contributed by atoms with Crippen LogP contribution in [0, 0.1) is 0 Å². The van der Waals surface area contributed by atoms with E-state index in [0.29, 0.717) is 5.75 Å². The summed E-state index contributed by atoms with van der Waals surface area (Å²) in [6.45, 7) is 1.44. The molecule has 0 aromatic carbocycles. The molecule has 2 unspecified atom stereocenters. The lowest BCUT2D eigenvalue weighted by Crippen LogP contribution is -2.20. The van der Waals surface area contributed by atoms with E-state index >= 15 is 0 Å². The van der Waals surface area contributed by atoms with Crippen molar-refractivity contribution in [2.75, 3.05) is 11.5 Å². The van der Waals surface area contributed by atoms with Crippen molar-refractivity contribution in [1.29, 1.82) is 0 Å². The Morgan fingerprint density at radius 1 is 1.61 bits per heavy atom. The van der Waals surface area contributed by atoms with Crippen molar-refractivity contribution in [3.8, 4) is 0 Å². The van der Waals surface area contributed by atoms with Gasteiger partial charge in [-0.05, 0) is 6.42 Å². The molecule has 6 nitrogen and oxygen atoms in total. The van der Waals surface area contributed by atoms with Crippen LogP contribution in [-0.4, -0.2) is 37.2 Å². The third-order valence-corrected chi connectivity index (χ3v) is 3.34. The summed E-state index contributed by atoms with van der Waals surface area (Å²) >= 11 is 6.88. The number of thioether (sulfide) groups is 1. The highest BCUT2D eigenvalue weighted by Crippen LogP contribution is 2.25. The largest absolute Gasteiger partial charge is 0.390 e. The van der Waals surface area contributed by atoms with Crippen LogP contribution in [0.2, 0.25) is 5.15 Å². The van der Waals surface area contributed by atoms with Gasteiger partial charge in [0, 0.05) is 24.4 Å². The molecule has 0 spiro atoms. The number of carbonyl (C=O) groups excluding carboxylic acids is 1. The average molecular weight is 292 g/mol. The lowest BCUT2D eigenvalue weighted by Gasteiger charge is -2.18. The number of nitrogen functional groups attached to an aromatic ring is 1. The molecule has 1 aromatic rings. The zero-order chi connectivity index (χ0) is 13.7. The quantitative estimate of drug-likeness (QED) is 0.688. The third-order valence-electron chi connectivity index (χ3n) is 2.19. The molecule has 1 rings (SSSR count). The zero-order valence-electron chi connectivity index (χ0n) is 9.71. The van der Waals surface area contributed by atoms with Crippen LogP contribution in [0.1, 0.15) is 25.0 Å². The summed E-state index contributed by atoms with van der Waals surface area (Å²) in [5, 5.41) is 19.6. The van der Waals surface area contributed by atoms with Gasteiger partial charge in [-0.2, -0.15) is 0 Å². The number of aliphatic hydroxyl groups is 2. The summed E-state index contributed by atoms with van der Waals surface area (Å²) in [5.41, 5.74) is 5.54. The number of anilines is 1. The maximum absolute atomic E-state index is 10.7. The smallest absolute Gasteiger partial charge is 0.221 e. The van der Waals surface area contributed by atoms with E-state index in [1.807, 2.05) is 0 Å². The first-order valence-electron chi connectivity index (χ1n) is 5.19. The Kier molecular flexibility index (Phi) is 5.80. The molecule has 1 heterocycles. The standard InChI is InChI=1S/C10H14ClN3O3S/c1-5(15)18-3-2-7(16)8(17)6-4-13-10(12)14-9(6)11/h4,7-8,16-17H,2-3H2,1H3,(H2,12,13,14). The number of nitrogens with two attached hydrogens (primary N) is 1. The van der Waals surface area contributed by atoms with Gasteiger partial charge in [-0.3, -0.25) is 4.79 Å². The predicted molar refractivity (Wildman–Crippen MR) is 70.2 cm³/mol. The number of nitrogens with zero attached hydrogens (tertiary/aromatic N) is 2. The topological polar surface area (TPSA) is 109 Å². The molecule has 1 aromatic heterocycles. The van der Waals surface area contributed by atoms with Gasteiger partial charge in [0.2, 0.25) is 5.95 Å². The van der Waals surface area contributed by atoms with Gasteiger partial charge in [-0.15, -0.1) is 0 Å². The van der Waals surface area contributed by atoms with Gasteiger partial charge in [-0.1, -0.05) is 23.4 Å². The van der Waals surface area contributed by atoms with E-state index < -0.39 is 12.2 Å². The summed E-state index contributed by atoms with van der Waals surface area (Å²) in [5.74, 6) is 0.415. The minimum absolute atomic E-state index is 0.00225. The molecule has 8 heteroatoms. The highest BCUT2D eigenvalue weighted by atomic mass is 35.5. The molecule has 0 aliphatic heterocycles. The van der Waals surface area contributed by atoms with E-state index in [1.54, 1.807) is 0 Å². The lowest BCUT2D eigenvalue weighted by atomic mass is 10.1. The van der Waals surface area contributed by atoms with Gasteiger partial charge in [0.25, 0.3) is 0 Å². The van der Waals surface area contributed by atoms with Crippen molar-refractivity contribution < 1.29 is 15.0 Å². The fourth-order valence-corrected chi connectivity index (χ4v) is 2.16. The first kappa shape index (κ1) is 15.2. The maximum atomic E-state index is 10.7. The zero-order valence-corrected chi connectivity index (χ0v) is 11.3. The monoisotopic (exact) mass is 291 g/mol. The van der Waals surface area contributed by atoms with Crippen LogP contribution >= 0.6 is 23.4 Å². The molecule has 18 heavy (non-hydrogen) atoms. The van der Waals surface area contributed by atoms with E-state index in [9.17, 15) is 15.0 Å². The van der Waals surface area contributed by atoms with Crippen LogP contribution in [0.4, 0.5) is 5.95 Å². The molecule has 0 aliphatic rings. The third kappa shape index (κ3) is 4.41. The lowest BCUT2D eigenvalue weighted by molar-refractivity contribution is -0.109. The summed E-state index contributed by atoms with van der Waals surface area (Å²) in [6.07, 6.45) is -0.713. The highest BCUT2D eigenvalue weighted by molar-refractivity contribution is 8.13. The Morgan fingerprint density at radius 2 is 2.28 bits per heavy atom. The molecule has 100 valence electrons. The van der Waals surface area contributed by atoms with Crippen LogP contribution in [-0.2, 0) is 4.79 Å². The fourth-order valence-electron chi connectivity index (χ4n) is 1.27. The van der Waals surface area contributed by atoms with Gasteiger partial charge in [0.05, 0.1) is 6.10 Å². The Labute approximate surface area is 114 Å². The van der Waals surface area contributed by atoms with Crippen molar-refractivity contribution in [3.63, 3.8) is 0 Å². The van der Waals surface area contributed by atoms with Crippen LogP contribution in [0.15, 0.2) is 6.20 Å². The molecule has 0 aliphatic carbocycles. The highest BCUT2D eigenvalue weighted by Gasteiger charge is 2.22. The minimum Gasteiger partial charge on any atom is -0.390 e. The number of hydrogen-bond donors (Lipinski definition) is 3. The number of hydrogen-bond acceptors (Lipinski definition) is 7. The van der Waals surface area contributed by atoms with E-state index in [0.717, 1.165) is 11.8 Å². The number of halogens is 1. The SMILES string of the molecule is CC(=O)SCCC(O)C(O)c1cnc(N)nc1Cl. The summed E-state index contributed by atoms with van der Waals surface area (Å²) in [4.78, 5) is 18.1. The van der Waals surface area contributed by atoms with Crippen molar-refractivity contribution in [2.45, 2.75) is 25.6 Å². The molecule has 2 atom stereocenters. The molecule has 0 saturated heterocycles. The fraction of sp³-hybridized carbons (Fsp3) is 0.500. The van der Waals surface area contributed by atoms with Gasteiger partial charge in [0.1, 0.15) is 11.3 Å². The molecule has 0 fully saturated rings. The molecular formula is C10H14ClN3O3S. The predicted octanol–water partition coefficient (Wildman–Crippen LogP) is 0.776. The molecular weight excluding hydrogens is 278 g/mol. The van der Waals surface area contributed by atoms with E-state index in [-0.39, 0.29) is 28.2 Å². The van der Waals surface area contributed by atoms with Gasteiger partial charge >= 0.3 is 0 Å². The van der Waals surface area contributed by atoms with Gasteiger partial charge in [-0.25, -0.2) is 9.97 Å². The van der Waals surface area contributed by atoms with Crippen LogP contribution in [0.3, 0.4) is 0 Å². The Hall–Kier alpha value is -0.890. The van der Waals surface area contributed by atoms with Crippen LogP contribution < -0.4 is 5.73 Å². The first-order valence-corrected chi connectivity index (χ1v) is 6.55. The normalized spacial score (nSPS) is 14.2. The van der Waals surface area contributed by atoms with Gasteiger partial charge < -0.3 is 15.9 Å². The van der Waals surface area contributed by atoms with Crippen molar-refractivity contribution in [2.24, 2.45) is 0 Å². The second-order valence-electron chi connectivity index (χ2n) is 3.62. The summed E-state index contributed by atoms with van der Waals surface area (Å²) in [7, 11) is 0.